The summed E-state index contributed by atoms with van der Waals surface area (Å²) in [6, 6.07) is 17.0. The standard InChI is InChI=1S/C26H30N2O3/c1-18(30)26-27-13-14-28(26)24(17-29)12-5-19-3-6-20(7-4-19)21-8-10-22(11-9-21)23-15-25(16-23)31-2/h3-14,18,23-25,29-30H,15-17H2,1-2H3/b12-5+/t18-,23?,24?,25?/m0/s1. The maximum atomic E-state index is 9.85. The van der Waals surface area contributed by atoms with E-state index >= 15 is 0 Å². The van der Waals surface area contributed by atoms with Crippen LogP contribution < -0.4 is 0 Å². The van der Waals surface area contributed by atoms with Gasteiger partial charge in [-0.3, -0.25) is 0 Å². The molecule has 0 radical (unpaired) electrons. The Morgan fingerprint density at radius 2 is 1.74 bits per heavy atom. The first-order valence-corrected chi connectivity index (χ1v) is 10.8. The lowest BCUT2D eigenvalue weighted by molar-refractivity contribution is 0.0258. The molecule has 1 heterocycles. The van der Waals surface area contributed by atoms with E-state index in [1.54, 1.807) is 31.0 Å². The Labute approximate surface area is 183 Å². The van der Waals surface area contributed by atoms with Gasteiger partial charge in [-0.05, 0) is 47.9 Å². The van der Waals surface area contributed by atoms with E-state index in [0.29, 0.717) is 17.8 Å². The quantitative estimate of drug-likeness (QED) is 0.554. The van der Waals surface area contributed by atoms with Gasteiger partial charge in [0.25, 0.3) is 0 Å². The first-order chi connectivity index (χ1) is 15.1. The van der Waals surface area contributed by atoms with Gasteiger partial charge in [-0.1, -0.05) is 60.7 Å². The number of imidazole rings is 1. The number of benzene rings is 2. The molecule has 5 nitrogen and oxygen atoms in total. The zero-order valence-corrected chi connectivity index (χ0v) is 18.1. The molecule has 5 heteroatoms. The van der Waals surface area contributed by atoms with Crippen molar-refractivity contribution >= 4 is 6.08 Å². The Bertz CT molecular complexity index is 1000. The van der Waals surface area contributed by atoms with Crippen molar-refractivity contribution in [1.29, 1.82) is 0 Å². The largest absolute Gasteiger partial charge is 0.394 e. The van der Waals surface area contributed by atoms with E-state index in [9.17, 15) is 10.2 Å². The molecule has 2 aromatic carbocycles. The Kier molecular flexibility index (Phi) is 6.66. The van der Waals surface area contributed by atoms with Crippen LogP contribution in [0.4, 0.5) is 0 Å². The summed E-state index contributed by atoms with van der Waals surface area (Å²) >= 11 is 0. The number of aromatic nitrogens is 2. The molecule has 1 fully saturated rings. The lowest BCUT2D eigenvalue weighted by Crippen LogP contribution is -2.28. The third-order valence-electron chi connectivity index (χ3n) is 6.18. The highest BCUT2D eigenvalue weighted by molar-refractivity contribution is 5.66. The SMILES string of the molecule is COC1CC(c2ccc(-c3ccc(/C=C/C(CO)n4ccnc4[C@H](C)O)cc3)cc2)C1. The molecule has 2 atom stereocenters. The van der Waals surface area contributed by atoms with E-state index in [4.69, 9.17) is 4.74 Å². The van der Waals surface area contributed by atoms with Gasteiger partial charge in [-0.2, -0.15) is 0 Å². The molecule has 0 aliphatic heterocycles. The highest BCUT2D eigenvalue weighted by atomic mass is 16.5. The Balaban J connectivity index is 1.42. The van der Waals surface area contributed by atoms with Crippen molar-refractivity contribution in [2.75, 3.05) is 13.7 Å². The second-order valence-electron chi connectivity index (χ2n) is 8.25. The van der Waals surface area contributed by atoms with Gasteiger partial charge in [0.2, 0.25) is 0 Å². The van der Waals surface area contributed by atoms with E-state index < -0.39 is 6.10 Å². The minimum Gasteiger partial charge on any atom is -0.394 e. The molecule has 0 saturated heterocycles. The lowest BCUT2D eigenvalue weighted by atomic mass is 9.77. The molecule has 1 aliphatic rings. The molecule has 0 spiro atoms. The highest BCUT2D eigenvalue weighted by Crippen LogP contribution is 2.38. The summed E-state index contributed by atoms with van der Waals surface area (Å²) < 4.78 is 7.19. The van der Waals surface area contributed by atoms with Crippen molar-refractivity contribution in [3.8, 4) is 11.1 Å². The Hall–Kier alpha value is -2.73. The smallest absolute Gasteiger partial charge is 0.137 e. The number of hydrogen-bond acceptors (Lipinski definition) is 4. The van der Waals surface area contributed by atoms with Crippen LogP contribution in [-0.2, 0) is 4.74 Å². The number of ether oxygens (including phenoxy) is 1. The number of aliphatic hydroxyl groups excluding tert-OH is 2. The summed E-state index contributed by atoms with van der Waals surface area (Å²) in [6.45, 7) is 1.61. The van der Waals surface area contributed by atoms with Gasteiger partial charge in [0, 0.05) is 19.5 Å². The zero-order chi connectivity index (χ0) is 21.8. The molecule has 3 aromatic rings. The summed E-state index contributed by atoms with van der Waals surface area (Å²) in [5.41, 5.74) is 4.83. The van der Waals surface area contributed by atoms with E-state index in [1.165, 1.54) is 16.7 Å². The number of aliphatic hydroxyl groups is 2. The van der Waals surface area contributed by atoms with Gasteiger partial charge >= 0.3 is 0 Å². The second kappa shape index (κ2) is 9.60. The monoisotopic (exact) mass is 418 g/mol. The van der Waals surface area contributed by atoms with Gasteiger partial charge in [-0.15, -0.1) is 0 Å². The van der Waals surface area contributed by atoms with Crippen LogP contribution in [0.5, 0.6) is 0 Å². The normalized spacial score (nSPS) is 20.5. The minimum absolute atomic E-state index is 0.0663. The summed E-state index contributed by atoms with van der Waals surface area (Å²) in [4.78, 5) is 4.18. The Morgan fingerprint density at radius 1 is 1.10 bits per heavy atom. The van der Waals surface area contributed by atoms with Crippen molar-refractivity contribution in [1.82, 2.24) is 9.55 Å². The van der Waals surface area contributed by atoms with E-state index in [-0.39, 0.29) is 12.6 Å². The fourth-order valence-electron chi connectivity index (χ4n) is 4.16. The van der Waals surface area contributed by atoms with Crippen LogP contribution in [0.25, 0.3) is 17.2 Å². The summed E-state index contributed by atoms with van der Waals surface area (Å²) in [5, 5.41) is 19.7. The molecule has 0 bridgehead atoms. The van der Waals surface area contributed by atoms with Crippen molar-refractivity contribution in [3.63, 3.8) is 0 Å². The zero-order valence-electron chi connectivity index (χ0n) is 18.1. The van der Waals surface area contributed by atoms with E-state index in [0.717, 1.165) is 18.4 Å². The maximum Gasteiger partial charge on any atom is 0.137 e. The van der Waals surface area contributed by atoms with Crippen molar-refractivity contribution in [2.45, 2.75) is 43.9 Å². The predicted octanol–water partition coefficient (Wildman–Crippen LogP) is 4.74. The van der Waals surface area contributed by atoms with Crippen LogP contribution in [-0.4, -0.2) is 39.6 Å². The number of hydrogen-bond donors (Lipinski definition) is 2. The van der Waals surface area contributed by atoms with Crippen LogP contribution in [0.1, 0.15) is 54.8 Å². The minimum atomic E-state index is -0.686. The number of nitrogens with zero attached hydrogens (tertiary/aromatic N) is 2. The van der Waals surface area contributed by atoms with Crippen LogP contribution >= 0.6 is 0 Å². The average Bonchev–Trinajstić information content (AvgIpc) is 3.25. The van der Waals surface area contributed by atoms with Crippen molar-refractivity contribution < 1.29 is 14.9 Å². The van der Waals surface area contributed by atoms with E-state index in [1.807, 2.05) is 12.2 Å². The topological polar surface area (TPSA) is 67.5 Å². The van der Waals surface area contributed by atoms with Crippen molar-refractivity contribution in [3.05, 3.63) is 84.0 Å². The van der Waals surface area contributed by atoms with Gasteiger partial charge < -0.3 is 19.5 Å². The fraction of sp³-hybridized carbons (Fsp3) is 0.346. The van der Waals surface area contributed by atoms with Gasteiger partial charge in [0.15, 0.2) is 0 Å². The number of rotatable bonds is 8. The molecule has 2 N–H and O–H groups in total. The molecule has 1 saturated carbocycles. The van der Waals surface area contributed by atoms with Crippen LogP contribution in [0.2, 0.25) is 0 Å². The summed E-state index contributed by atoms with van der Waals surface area (Å²) in [7, 11) is 1.79. The highest BCUT2D eigenvalue weighted by Gasteiger charge is 2.29. The predicted molar refractivity (Wildman–Crippen MR) is 123 cm³/mol. The van der Waals surface area contributed by atoms with Crippen LogP contribution in [0.3, 0.4) is 0 Å². The molecule has 31 heavy (non-hydrogen) atoms. The lowest BCUT2D eigenvalue weighted by Gasteiger charge is -2.34. The average molecular weight is 419 g/mol. The van der Waals surface area contributed by atoms with E-state index in [2.05, 4.69) is 53.5 Å². The third-order valence-corrected chi connectivity index (χ3v) is 6.18. The van der Waals surface area contributed by atoms with Crippen molar-refractivity contribution in [2.24, 2.45) is 0 Å². The number of methoxy groups -OCH3 is 1. The molecule has 1 unspecified atom stereocenters. The molecule has 1 aliphatic carbocycles. The molecule has 4 rings (SSSR count). The maximum absolute atomic E-state index is 9.85. The first-order valence-electron chi connectivity index (χ1n) is 10.8. The van der Waals surface area contributed by atoms with Crippen LogP contribution in [0, 0.1) is 0 Å². The first kappa shape index (κ1) is 21.5. The van der Waals surface area contributed by atoms with Gasteiger partial charge in [-0.25, -0.2) is 4.98 Å². The van der Waals surface area contributed by atoms with Gasteiger partial charge in [0.05, 0.1) is 18.8 Å². The van der Waals surface area contributed by atoms with Crippen LogP contribution in [0.15, 0.2) is 67.0 Å². The molecular formula is C26H30N2O3. The second-order valence-corrected chi connectivity index (χ2v) is 8.25. The molecular weight excluding hydrogens is 388 g/mol. The summed E-state index contributed by atoms with van der Waals surface area (Å²) in [6.07, 6.45) is 9.30. The fourth-order valence-corrected chi connectivity index (χ4v) is 4.16. The van der Waals surface area contributed by atoms with Gasteiger partial charge in [0.1, 0.15) is 11.9 Å². The summed E-state index contributed by atoms with van der Waals surface area (Å²) in [5.74, 6) is 1.16. The Morgan fingerprint density at radius 3 is 2.32 bits per heavy atom. The molecule has 1 aromatic heterocycles. The molecule has 0 amide bonds. The molecule has 162 valence electrons. The third kappa shape index (κ3) is 4.79.